The largest absolute Gasteiger partial charge is 0.112 e. The van der Waals surface area contributed by atoms with Gasteiger partial charge in [0.15, 0.2) is 0 Å². The van der Waals surface area contributed by atoms with Gasteiger partial charge in [-0.05, 0) is 136 Å². The third kappa shape index (κ3) is 5.53. The Morgan fingerprint density at radius 1 is 0.579 bits per heavy atom. The van der Waals surface area contributed by atoms with Gasteiger partial charge in [0.25, 0.3) is 0 Å². The number of hydrogen-bond acceptors (Lipinski definition) is 0. The Morgan fingerprint density at radius 2 is 1.33 bits per heavy atom. The first-order chi connectivity index (χ1) is 28.0. The molecule has 57 heavy (non-hydrogen) atoms. The third-order valence-electron chi connectivity index (χ3n) is 12.2. The van der Waals surface area contributed by atoms with Crippen LogP contribution in [0.15, 0.2) is 189 Å². The van der Waals surface area contributed by atoms with Crippen molar-refractivity contribution >= 4 is 49.7 Å². The normalized spacial score (nSPS) is 14.0. The number of rotatable bonds is 6. The second-order valence-corrected chi connectivity index (χ2v) is 15.7. The molecule has 0 nitrogen and oxygen atoms in total. The summed E-state index contributed by atoms with van der Waals surface area (Å²) >= 11 is 0. The van der Waals surface area contributed by atoms with Crippen LogP contribution in [0.25, 0.3) is 94.2 Å². The monoisotopic (exact) mass is 726 g/mol. The zero-order valence-electron chi connectivity index (χ0n) is 32.6. The van der Waals surface area contributed by atoms with Gasteiger partial charge in [-0.15, -0.1) is 5.73 Å². The highest BCUT2D eigenvalue weighted by Gasteiger charge is 2.35. The Bertz CT molecular complexity index is 3260. The molecule has 0 bridgehead atoms. The molecular weight excluding hydrogens is 685 g/mol. The highest BCUT2D eigenvalue weighted by atomic mass is 14.4. The van der Waals surface area contributed by atoms with Crippen LogP contribution < -0.4 is 10.4 Å². The molecule has 0 spiro atoms. The molecule has 0 heterocycles. The van der Waals surface area contributed by atoms with E-state index < -0.39 is 0 Å². The van der Waals surface area contributed by atoms with E-state index in [1.807, 2.05) is 13.0 Å². The zero-order valence-corrected chi connectivity index (χ0v) is 32.6. The molecule has 0 fully saturated rings. The number of fused-ring (bicyclic) bond motifs is 8. The number of hydrogen-bond donors (Lipinski definition) is 0. The topological polar surface area (TPSA) is 0 Å². The van der Waals surface area contributed by atoms with Gasteiger partial charge in [0, 0.05) is 16.2 Å². The van der Waals surface area contributed by atoms with E-state index in [2.05, 4.69) is 208 Å². The van der Waals surface area contributed by atoms with E-state index >= 15 is 0 Å². The molecule has 270 valence electrons. The van der Waals surface area contributed by atoms with E-state index in [0.717, 1.165) is 21.9 Å². The van der Waals surface area contributed by atoms with Crippen LogP contribution in [-0.2, 0) is 5.41 Å². The van der Waals surface area contributed by atoms with E-state index in [1.165, 1.54) is 87.6 Å². The van der Waals surface area contributed by atoms with Crippen molar-refractivity contribution in [2.45, 2.75) is 26.2 Å². The molecule has 0 amide bonds. The summed E-state index contributed by atoms with van der Waals surface area (Å²) in [4.78, 5) is 0. The molecule has 2 aliphatic carbocycles. The molecule has 0 aliphatic heterocycles. The minimum absolute atomic E-state index is 0.0847. The molecule has 8 aromatic rings. The molecule has 0 heteroatoms. The first-order valence-corrected chi connectivity index (χ1v) is 19.9. The van der Waals surface area contributed by atoms with Crippen molar-refractivity contribution < 1.29 is 0 Å². The van der Waals surface area contributed by atoms with E-state index in [4.69, 9.17) is 0 Å². The summed E-state index contributed by atoms with van der Waals surface area (Å²) in [5.41, 5.74) is 18.6. The molecule has 0 saturated carbocycles. The molecule has 0 unspecified atom stereocenters. The van der Waals surface area contributed by atoms with E-state index in [1.54, 1.807) is 0 Å². The van der Waals surface area contributed by atoms with Gasteiger partial charge in [0.2, 0.25) is 0 Å². The van der Waals surface area contributed by atoms with Gasteiger partial charge in [-0.1, -0.05) is 178 Å². The minimum atomic E-state index is -0.0847. The molecular formula is C57H42. The molecule has 0 N–H and O–H groups in total. The van der Waals surface area contributed by atoms with Crippen molar-refractivity contribution in [1.29, 1.82) is 0 Å². The van der Waals surface area contributed by atoms with Gasteiger partial charge in [0.1, 0.15) is 0 Å². The summed E-state index contributed by atoms with van der Waals surface area (Å²) < 4.78 is 0. The molecule has 2 aliphatic rings. The first kappa shape index (κ1) is 34.5. The van der Waals surface area contributed by atoms with Crippen molar-refractivity contribution in [3.63, 3.8) is 0 Å². The van der Waals surface area contributed by atoms with Crippen LogP contribution in [0.3, 0.4) is 0 Å². The fraction of sp³-hybridized carbons (Fsp3) is 0.0702. The quantitative estimate of drug-likeness (QED) is 0.118. The lowest BCUT2D eigenvalue weighted by Gasteiger charge is -2.22. The molecule has 0 aromatic heterocycles. The molecule has 8 aromatic carbocycles. The lowest BCUT2D eigenvalue weighted by molar-refractivity contribution is 0.660. The zero-order chi connectivity index (χ0) is 38.7. The van der Waals surface area contributed by atoms with Crippen LogP contribution >= 0.6 is 0 Å². The lowest BCUT2D eigenvalue weighted by Crippen LogP contribution is -2.28. The Morgan fingerprint density at radius 3 is 2.19 bits per heavy atom. The SMILES string of the molecule is C=C/C(=C\C=C/C)c1cccc(-c2c3c(c(-c4cc5ccccc5c5ccccc45)c4cc(-c5ccc6c(c5)C(C)(C)c5ccccc5-6)ccc24)=CC=CC=C=3)c1. The second kappa shape index (κ2) is 13.6. The predicted molar refractivity (Wildman–Crippen MR) is 247 cm³/mol. The van der Waals surface area contributed by atoms with Crippen molar-refractivity contribution in [1.82, 2.24) is 0 Å². The third-order valence-corrected chi connectivity index (χ3v) is 12.2. The molecule has 0 saturated heterocycles. The summed E-state index contributed by atoms with van der Waals surface area (Å²) in [6, 6.07) is 52.1. The fourth-order valence-corrected chi connectivity index (χ4v) is 9.41. The molecule has 0 radical (unpaired) electrons. The molecule has 10 rings (SSSR count). The van der Waals surface area contributed by atoms with Crippen LogP contribution in [0.5, 0.6) is 0 Å². The van der Waals surface area contributed by atoms with Crippen LogP contribution in [-0.4, -0.2) is 0 Å². The summed E-state index contributed by atoms with van der Waals surface area (Å²) in [5.74, 6) is 0. The maximum absolute atomic E-state index is 4.16. The van der Waals surface area contributed by atoms with Gasteiger partial charge in [-0.2, -0.15) is 0 Å². The van der Waals surface area contributed by atoms with Gasteiger partial charge in [-0.25, -0.2) is 0 Å². The Hall–Kier alpha value is -6.98. The van der Waals surface area contributed by atoms with Crippen molar-refractivity contribution in [3.05, 3.63) is 216 Å². The van der Waals surface area contributed by atoms with Crippen LogP contribution in [0.4, 0.5) is 0 Å². The minimum Gasteiger partial charge on any atom is -0.112 e. The Kier molecular flexibility index (Phi) is 8.26. The van der Waals surface area contributed by atoms with E-state index in [9.17, 15) is 0 Å². The van der Waals surface area contributed by atoms with Gasteiger partial charge in [-0.3, -0.25) is 0 Å². The summed E-state index contributed by atoms with van der Waals surface area (Å²) in [6.45, 7) is 10.9. The first-order valence-electron chi connectivity index (χ1n) is 19.9. The fourth-order valence-electron chi connectivity index (χ4n) is 9.41. The maximum atomic E-state index is 4.16. The highest BCUT2D eigenvalue weighted by molar-refractivity contribution is 6.18. The van der Waals surface area contributed by atoms with E-state index in [-0.39, 0.29) is 5.41 Å². The van der Waals surface area contributed by atoms with Gasteiger partial charge in [0.05, 0.1) is 0 Å². The maximum Gasteiger partial charge on any atom is 0.0328 e. The van der Waals surface area contributed by atoms with Crippen LogP contribution in [0.1, 0.15) is 37.5 Å². The van der Waals surface area contributed by atoms with Crippen molar-refractivity contribution in [2.75, 3.05) is 0 Å². The van der Waals surface area contributed by atoms with Crippen LogP contribution in [0.2, 0.25) is 0 Å². The summed E-state index contributed by atoms with van der Waals surface area (Å²) in [6.07, 6.45) is 16.8. The average Bonchev–Trinajstić information content (AvgIpc) is 3.36. The van der Waals surface area contributed by atoms with Crippen LogP contribution in [0, 0.1) is 0 Å². The van der Waals surface area contributed by atoms with Gasteiger partial charge >= 0.3 is 0 Å². The average molecular weight is 727 g/mol. The summed E-state index contributed by atoms with van der Waals surface area (Å²) in [5, 5.41) is 9.68. The van der Waals surface area contributed by atoms with E-state index in [0.29, 0.717) is 0 Å². The van der Waals surface area contributed by atoms with Gasteiger partial charge < -0.3 is 0 Å². The smallest absolute Gasteiger partial charge is 0.0328 e. The Balaban J connectivity index is 1.32. The summed E-state index contributed by atoms with van der Waals surface area (Å²) in [7, 11) is 0. The lowest BCUT2D eigenvalue weighted by atomic mass is 9.81. The Labute approximate surface area is 334 Å². The number of allylic oxidation sites excluding steroid dienone is 8. The standard InChI is InChI=1S/C57H42/c1-5-7-18-37(6-2)38-20-17-21-42(33-38)55-48-26-9-8-10-27-49(48)56(51-35-41-19-11-12-22-43(41)44-23-13-14-24-45(44)51)52-34-39(30-32-50(52)55)40-29-31-47-46-25-15-16-28-53(46)57(3,4)54(47)36-40/h5-25,27-36H,2H2,1,3-4H3/b7-5-,37-18+. The highest BCUT2D eigenvalue weighted by Crippen LogP contribution is 2.50. The second-order valence-electron chi connectivity index (χ2n) is 15.7. The number of benzene rings is 8. The van der Waals surface area contributed by atoms with Crippen molar-refractivity contribution in [2.24, 2.45) is 0 Å². The van der Waals surface area contributed by atoms with Crippen molar-refractivity contribution in [3.8, 4) is 44.5 Å². The predicted octanol–water partition coefficient (Wildman–Crippen LogP) is 13.9. The molecule has 0 atom stereocenters.